The van der Waals surface area contributed by atoms with E-state index in [0.717, 1.165) is 51.7 Å². The molecule has 1 aliphatic rings. The molecule has 0 N–H and O–H groups in total. The summed E-state index contributed by atoms with van der Waals surface area (Å²) in [6, 6.07) is 6.85. The summed E-state index contributed by atoms with van der Waals surface area (Å²) in [5, 5.41) is 1.08. The number of hydrogen-bond acceptors (Lipinski definition) is 6. The van der Waals surface area contributed by atoms with E-state index in [0.29, 0.717) is 25.1 Å². The van der Waals surface area contributed by atoms with Gasteiger partial charge in [0.2, 0.25) is 0 Å². The van der Waals surface area contributed by atoms with Crippen LogP contribution >= 0.6 is 27.3 Å². The Labute approximate surface area is 173 Å². The molecule has 2 atom stereocenters. The van der Waals surface area contributed by atoms with Gasteiger partial charge in [0.25, 0.3) is 0 Å². The van der Waals surface area contributed by atoms with Gasteiger partial charge in [0.05, 0.1) is 9.98 Å². The van der Waals surface area contributed by atoms with Crippen molar-refractivity contribution in [3.8, 4) is 5.75 Å². The zero-order valence-electron chi connectivity index (χ0n) is 16.0. The minimum atomic E-state index is 0.430. The first kappa shape index (κ1) is 20.3. The Morgan fingerprint density at radius 2 is 2.07 bits per heavy atom. The van der Waals surface area contributed by atoms with Crippen LogP contribution < -0.4 is 9.64 Å². The van der Waals surface area contributed by atoms with Crippen LogP contribution in [0.5, 0.6) is 5.75 Å². The predicted octanol–water partition coefficient (Wildman–Crippen LogP) is 3.93. The van der Waals surface area contributed by atoms with Crippen LogP contribution in [-0.2, 0) is 11.2 Å². The van der Waals surface area contributed by atoms with Gasteiger partial charge < -0.3 is 14.4 Å². The van der Waals surface area contributed by atoms with Gasteiger partial charge in [-0.3, -0.25) is 4.90 Å². The molecule has 1 fully saturated rings. The highest BCUT2D eigenvalue weighted by Crippen LogP contribution is 2.29. The number of hydrogen-bond donors (Lipinski definition) is 0. The average molecular weight is 452 g/mol. The Morgan fingerprint density at radius 1 is 1.33 bits per heavy atom. The minimum Gasteiger partial charge on any atom is -0.492 e. The molecule has 0 spiro atoms. The summed E-state index contributed by atoms with van der Waals surface area (Å²) < 4.78 is 7.12. The summed E-state index contributed by atoms with van der Waals surface area (Å²) in [6.45, 7) is 10.0. The van der Waals surface area contributed by atoms with Gasteiger partial charge in [-0.1, -0.05) is 23.5 Å². The zero-order chi connectivity index (χ0) is 19.4. The smallest absolute Gasteiger partial charge is 0.186 e. The molecular weight excluding hydrogens is 426 g/mol. The first-order valence-electron chi connectivity index (χ1n) is 9.26. The molecule has 0 amide bonds. The van der Waals surface area contributed by atoms with E-state index in [1.54, 1.807) is 11.3 Å². The number of carbonyl (C=O) groups is 1. The van der Waals surface area contributed by atoms with Gasteiger partial charge in [0.1, 0.15) is 18.6 Å². The quantitative estimate of drug-likeness (QED) is 0.596. The van der Waals surface area contributed by atoms with Crippen molar-refractivity contribution in [1.82, 2.24) is 9.88 Å². The van der Waals surface area contributed by atoms with E-state index in [1.807, 2.05) is 31.3 Å². The number of anilines is 1. The molecule has 27 heavy (non-hydrogen) atoms. The molecule has 1 saturated heterocycles. The molecule has 1 aromatic carbocycles. The van der Waals surface area contributed by atoms with Gasteiger partial charge in [-0.2, -0.15) is 0 Å². The molecule has 2 aromatic rings. The molecule has 0 radical (unpaired) electrons. The second kappa shape index (κ2) is 9.17. The Morgan fingerprint density at radius 3 is 2.70 bits per heavy atom. The number of carbonyl (C=O) groups excluding carboxylic acids is 1. The summed E-state index contributed by atoms with van der Waals surface area (Å²) >= 11 is 5.19. The molecule has 0 saturated carbocycles. The van der Waals surface area contributed by atoms with Crippen molar-refractivity contribution >= 4 is 38.7 Å². The van der Waals surface area contributed by atoms with Gasteiger partial charge >= 0.3 is 0 Å². The molecule has 146 valence electrons. The average Bonchev–Trinajstić information content (AvgIpc) is 3.06. The maximum Gasteiger partial charge on any atom is 0.186 e. The van der Waals surface area contributed by atoms with Gasteiger partial charge in [0.15, 0.2) is 5.13 Å². The number of benzene rings is 1. The molecule has 2 heterocycles. The van der Waals surface area contributed by atoms with Crippen molar-refractivity contribution in [3.63, 3.8) is 0 Å². The number of aromatic nitrogens is 1. The van der Waals surface area contributed by atoms with Crippen molar-refractivity contribution in [2.45, 2.75) is 39.3 Å². The van der Waals surface area contributed by atoms with Gasteiger partial charge in [-0.25, -0.2) is 4.98 Å². The number of aryl methyl sites for hydroxylation is 1. The van der Waals surface area contributed by atoms with Crippen molar-refractivity contribution in [3.05, 3.63) is 39.3 Å². The molecule has 0 unspecified atom stereocenters. The third-order valence-corrected chi connectivity index (χ3v) is 6.55. The first-order chi connectivity index (χ1) is 13.0. The van der Waals surface area contributed by atoms with Crippen LogP contribution in [0.1, 0.15) is 25.0 Å². The van der Waals surface area contributed by atoms with Crippen LogP contribution in [-0.4, -0.2) is 54.5 Å². The topological polar surface area (TPSA) is 45.7 Å². The molecule has 0 bridgehead atoms. The summed E-state index contributed by atoms with van der Waals surface area (Å²) in [6.07, 6.45) is 3.23. The van der Waals surface area contributed by atoms with Gasteiger partial charge in [-0.05, 0) is 53.9 Å². The molecule has 1 aliphatic heterocycles. The highest BCUT2D eigenvalue weighted by Gasteiger charge is 2.30. The molecule has 0 aliphatic carbocycles. The van der Waals surface area contributed by atoms with Crippen molar-refractivity contribution < 1.29 is 9.53 Å². The Bertz CT molecular complexity index is 770. The lowest BCUT2D eigenvalue weighted by Gasteiger charge is -2.44. The van der Waals surface area contributed by atoms with Crippen LogP contribution in [0.2, 0.25) is 0 Å². The predicted molar refractivity (Wildman–Crippen MR) is 114 cm³/mol. The van der Waals surface area contributed by atoms with E-state index in [9.17, 15) is 4.79 Å². The maximum atomic E-state index is 10.7. The van der Waals surface area contributed by atoms with Crippen LogP contribution in [0.4, 0.5) is 5.13 Å². The van der Waals surface area contributed by atoms with Gasteiger partial charge in [-0.15, -0.1) is 0 Å². The monoisotopic (exact) mass is 451 g/mol. The fraction of sp³-hybridized carbons (Fsp3) is 0.500. The summed E-state index contributed by atoms with van der Waals surface area (Å²) in [4.78, 5) is 20.1. The highest BCUT2D eigenvalue weighted by atomic mass is 79.9. The van der Waals surface area contributed by atoms with Crippen molar-refractivity contribution in [2.75, 3.05) is 31.1 Å². The second-order valence-electron chi connectivity index (χ2n) is 7.11. The standard InChI is InChI=1S/C20H26BrN3O2S/c1-14-4-5-17(6-8-25)10-18(14)26-9-7-24-15(2)12-23(13-16(24)3)20-22-11-19(21)27-20/h4-5,8,10-11,15-16H,6-7,9,12-13H2,1-3H3/t15-,16+. The number of nitrogens with zero attached hydrogens (tertiary/aromatic N) is 3. The van der Waals surface area contributed by atoms with Crippen LogP contribution in [0.25, 0.3) is 0 Å². The molecule has 1 aromatic heterocycles. The lowest BCUT2D eigenvalue weighted by atomic mass is 10.1. The lowest BCUT2D eigenvalue weighted by molar-refractivity contribution is -0.107. The van der Waals surface area contributed by atoms with E-state index in [2.05, 4.69) is 44.6 Å². The number of aldehydes is 1. The number of halogens is 1. The number of thiazole rings is 1. The molecule has 7 heteroatoms. The fourth-order valence-electron chi connectivity index (χ4n) is 3.63. The van der Waals surface area contributed by atoms with Gasteiger partial charge in [0, 0.05) is 38.1 Å². The maximum absolute atomic E-state index is 10.7. The summed E-state index contributed by atoms with van der Waals surface area (Å²) in [7, 11) is 0. The minimum absolute atomic E-state index is 0.430. The Hall–Kier alpha value is -1.44. The van der Waals surface area contributed by atoms with Crippen molar-refractivity contribution in [2.24, 2.45) is 0 Å². The highest BCUT2D eigenvalue weighted by molar-refractivity contribution is 9.11. The van der Waals surface area contributed by atoms with E-state index < -0.39 is 0 Å². The lowest BCUT2D eigenvalue weighted by Crippen LogP contribution is -2.57. The van der Waals surface area contributed by atoms with E-state index in [-0.39, 0.29) is 0 Å². The normalized spacial score (nSPS) is 20.7. The number of ether oxygens (including phenoxy) is 1. The van der Waals surface area contributed by atoms with Crippen molar-refractivity contribution in [1.29, 1.82) is 0 Å². The SMILES string of the molecule is Cc1ccc(CC=O)cc1OCCN1[C@H](C)CN(c2ncc(Br)s2)C[C@@H]1C. The molecular formula is C20H26BrN3O2S. The van der Waals surface area contributed by atoms with E-state index in [4.69, 9.17) is 4.74 Å². The Kier molecular flexibility index (Phi) is 6.89. The number of rotatable bonds is 7. The largest absolute Gasteiger partial charge is 0.492 e. The van der Waals surface area contributed by atoms with Crippen LogP contribution in [0, 0.1) is 6.92 Å². The van der Waals surface area contributed by atoms with E-state index in [1.165, 1.54) is 0 Å². The molecule has 5 nitrogen and oxygen atoms in total. The van der Waals surface area contributed by atoms with Crippen LogP contribution in [0.15, 0.2) is 28.2 Å². The first-order valence-corrected chi connectivity index (χ1v) is 10.9. The summed E-state index contributed by atoms with van der Waals surface area (Å²) in [5.41, 5.74) is 2.10. The fourth-order valence-corrected chi connectivity index (χ4v) is 4.83. The second-order valence-corrected chi connectivity index (χ2v) is 9.50. The number of piperazine rings is 1. The third kappa shape index (κ3) is 5.09. The summed E-state index contributed by atoms with van der Waals surface area (Å²) in [5.74, 6) is 0.876. The van der Waals surface area contributed by atoms with E-state index >= 15 is 0 Å². The third-order valence-electron chi connectivity index (χ3n) is 5.02. The molecule has 3 rings (SSSR count). The zero-order valence-corrected chi connectivity index (χ0v) is 18.4. The van der Waals surface area contributed by atoms with Crippen LogP contribution in [0.3, 0.4) is 0 Å². The Balaban J connectivity index is 1.55.